The first-order valence-corrected chi connectivity index (χ1v) is 12.9. The maximum Gasteiger partial charge on any atom is 0.245 e. The molecule has 1 aliphatic heterocycles. The second-order valence-electron chi connectivity index (χ2n) is 8.36. The van der Waals surface area contributed by atoms with Crippen molar-refractivity contribution in [2.24, 2.45) is 0 Å². The SMILES string of the molecule is COc1ccnc(N2CCC(N(Cc3cccnc3)S(=O)(=O)c3cccc4cccnc34)CC2)n1. The fourth-order valence-corrected chi connectivity index (χ4v) is 6.29. The average molecular weight is 491 g/mol. The van der Waals surface area contributed by atoms with Crippen LogP contribution in [0.4, 0.5) is 5.95 Å². The van der Waals surface area contributed by atoms with E-state index in [9.17, 15) is 8.42 Å². The maximum atomic E-state index is 14.1. The summed E-state index contributed by atoms with van der Waals surface area (Å²) < 4.78 is 35.0. The molecule has 1 aromatic carbocycles. The Morgan fingerprint density at radius 1 is 1.00 bits per heavy atom. The summed E-state index contributed by atoms with van der Waals surface area (Å²) in [6.45, 7) is 1.50. The molecule has 10 heteroatoms. The molecule has 3 aromatic heterocycles. The molecule has 4 heterocycles. The molecule has 0 spiro atoms. The number of hydrogen-bond donors (Lipinski definition) is 0. The van der Waals surface area contributed by atoms with Gasteiger partial charge in [-0.05, 0) is 36.6 Å². The van der Waals surface area contributed by atoms with E-state index in [0.717, 1.165) is 10.9 Å². The highest BCUT2D eigenvalue weighted by molar-refractivity contribution is 7.89. The van der Waals surface area contributed by atoms with Crippen molar-refractivity contribution < 1.29 is 13.2 Å². The number of ether oxygens (including phenoxy) is 1. The van der Waals surface area contributed by atoms with Crippen LogP contribution >= 0.6 is 0 Å². The third-order valence-electron chi connectivity index (χ3n) is 6.22. The van der Waals surface area contributed by atoms with Crippen molar-refractivity contribution in [1.29, 1.82) is 0 Å². The highest BCUT2D eigenvalue weighted by Gasteiger charge is 2.35. The van der Waals surface area contributed by atoms with E-state index in [-0.39, 0.29) is 17.5 Å². The second kappa shape index (κ2) is 9.93. The van der Waals surface area contributed by atoms with E-state index < -0.39 is 10.0 Å². The summed E-state index contributed by atoms with van der Waals surface area (Å²) in [6.07, 6.45) is 7.96. The van der Waals surface area contributed by atoms with Crippen LogP contribution in [-0.4, -0.2) is 58.9 Å². The molecular formula is C25H26N6O3S. The van der Waals surface area contributed by atoms with E-state index in [2.05, 4.69) is 24.8 Å². The van der Waals surface area contributed by atoms with E-state index in [1.54, 1.807) is 54.4 Å². The van der Waals surface area contributed by atoms with Gasteiger partial charge in [0.25, 0.3) is 0 Å². The van der Waals surface area contributed by atoms with E-state index >= 15 is 0 Å². The minimum atomic E-state index is -3.84. The smallest absolute Gasteiger partial charge is 0.245 e. The fraction of sp³-hybridized carbons (Fsp3) is 0.280. The number of methoxy groups -OCH3 is 1. The number of hydrogen-bond acceptors (Lipinski definition) is 8. The molecule has 0 atom stereocenters. The lowest BCUT2D eigenvalue weighted by Gasteiger charge is -2.38. The molecule has 9 nitrogen and oxygen atoms in total. The van der Waals surface area contributed by atoms with Crippen molar-refractivity contribution in [2.75, 3.05) is 25.1 Å². The highest BCUT2D eigenvalue weighted by Crippen LogP contribution is 2.30. The van der Waals surface area contributed by atoms with Crippen molar-refractivity contribution in [1.82, 2.24) is 24.2 Å². The topological polar surface area (TPSA) is 101 Å². The summed E-state index contributed by atoms with van der Waals surface area (Å²) in [5.74, 6) is 1.09. The zero-order valence-electron chi connectivity index (χ0n) is 19.4. The van der Waals surface area contributed by atoms with Gasteiger partial charge in [-0.1, -0.05) is 24.3 Å². The molecule has 35 heavy (non-hydrogen) atoms. The summed E-state index contributed by atoms with van der Waals surface area (Å²) in [5, 5.41) is 0.792. The zero-order valence-corrected chi connectivity index (χ0v) is 20.2. The fourth-order valence-electron chi connectivity index (χ4n) is 4.44. The Hall–Kier alpha value is -3.63. The van der Waals surface area contributed by atoms with E-state index in [1.165, 1.54) is 0 Å². The Balaban J connectivity index is 1.46. The number of para-hydroxylation sites is 1. The molecule has 0 saturated carbocycles. The standard InChI is InChI=1S/C25H26N6O3S/c1-34-23-9-14-28-25(29-23)30-15-10-21(11-16-30)31(18-19-5-3-12-26-17-19)35(32,33)22-8-2-6-20-7-4-13-27-24(20)22/h2-9,12-14,17,21H,10-11,15-16,18H2,1H3. The second-order valence-corrected chi connectivity index (χ2v) is 10.2. The van der Waals surface area contributed by atoms with Crippen LogP contribution in [0.1, 0.15) is 18.4 Å². The number of fused-ring (bicyclic) bond motifs is 1. The van der Waals surface area contributed by atoms with Crippen molar-refractivity contribution in [3.05, 3.63) is 78.9 Å². The van der Waals surface area contributed by atoms with Crippen molar-refractivity contribution in [3.8, 4) is 5.88 Å². The first kappa shape index (κ1) is 23.1. The van der Waals surface area contributed by atoms with Gasteiger partial charge in [0.15, 0.2) is 0 Å². The van der Waals surface area contributed by atoms with Crippen molar-refractivity contribution >= 4 is 26.9 Å². The largest absolute Gasteiger partial charge is 0.481 e. The molecular weight excluding hydrogens is 464 g/mol. The number of piperidine rings is 1. The molecule has 0 N–H and O–H groups in total. The Morgan fingerprint density at radius 3 is 2.57 bits per heavy atom. The number of aromatic nitrogens is 4. The van der Waals surface area contributed by atoms with Gasteiger partial charge in [0, 0.05) is 61.9 Å². The third-order valence-corrected chi connectivity index (χ3v) is 8.15. The van der Waals surface area contributed by atoms with Crippen LogP contribution in [0, 0.1) is 0 Å². The third kappa shape index (κ3) is 4.80. The number of rotatable bonds is 7. The van der Waals surface area contributed by atoms with Crippen LogP contribution in [0.2, 0.25) is 0 Å². The molecule has 180 valence electrons. The van der Waals surface area contributed by atoms with Crippen molar-refractivity contribution in [2.45, 2.75) is 30.3 Å². The summed E-state index contributed by atoms with van der Waals surface area (Å²) >= 11 is 0. The van der Waals surface area contributed by atoms with Gasteiger partial charge < -0.3 is 9.64 Å². The molecule has 0 radical (unpaired) electrons. The first-order chi connectivity index (χ1) is 17.1. The minimum Gasteiger partial charge on any atom is -0.481 e. The summed E-state index contributed by atoms with van der Waals surface area (Å²) in [5.41, 5.74) is 1.32. The molecule has 1 fully saturated rings. The normalized spacial score (nSPS) is 15.0. The molecule has 0 aliphatic carbocycles. The van der Waals surface area contributed by atoms with Crippen LogP contribution in [0.25, 0.3) is 10.9 Å². The van der Waals surface area contributed by atoms with Crippen LogP contribution in [0.15, 0.2) is 78.2 Å². The van der Waals surface area contributed by atoms with Gasteiger partial charge >= 0.3 is 0 Å². The van der Waals surface area contributed by atoms with Gasteiger partial charge in [-0.25, -0.2) is 13.4 Å². The number of benzene rings is 1. The zero-order chi connectivity index (χ0) is 24.3. The molecule has 1 aliphatic rings. The summed E-state index contributed by atoms with van der Waals surface area (Å²) in [4.78, 5) is 19.7. The highest BCUT2D eigenvalue weighted by atomic mass is 32.2. The van der Waals surface area contributed by atoms with Gasteiger partial charge in [-0.15, -0.1) is 0 Å². The monoisotopic (exact) mass is 490 g/mol. The van der Waals surface area contributed by atoms with Gasteiger partial charge in [-0.3, -0.25) is 9.97 Å². The Labute approximate surface area is 204 Å². The van der Waals surface area contributed by atoms with Gasteiger partial charge in [0.05, 0.1) is 12.6 Å². The van der Waals surface area contributed by atoms with Crippen LogP contribution < -0.4 is 9.64 Å². The van der Waals surface area contributed by atoms with Gasteiger partial charge in [0.1, 0.15) is 4.90 Å². The average Bonchev–Trinajstić information content (AvgIpc) is 2.92. The van der Waals surface area contributed by atoms with E-state index in [4.69, 9.17) is 4.74 Å². The number of sulfonamides is 1. The predicted octanol–water partition coefficient (Wildman–Crippen LogP) is 3.29. The molecule has 0 unspecified atom stereocenters. The molecule has 0 bridgehead atoms. The van der Waals surface area contributed by atoms with Crippen molar-refractivity contribution in [3.63, 3.8) is 0 Å². The lowest BCUT2D eigenvalue weighted by molar-refractivity contribution is 0.267. The van der Waals surface area contributed by atoms with Gasteiger partial charge in [0.2, 0.25) is 21.9 Å². The summed E-state index contributed by atoms with van der Waals surface area (Å²) in [7, 11) is -2.27. The van der Waals surface area contributed by atoms with Crippen LogP contribution in [0.5, 0.6) is 5.88 Å². The Bertz CT molecular complexity index is 1400. The predicted molar refractivity (Wildman–Crippen MR) is 133 cm³/mol. The number of nitrogens with zero attached hydrogens (tertiary/aromatic N) is 6. The summed E-state index contributed by atoms with van der Waals surface area (Å²) in [6, 6.07) is 14.2. The van der Waals surface area contributed by atoms with Crippen LogP contribution in [0.3, 0.4) is 0 Å². The number of anilines is 1. The molecule has 5 rings (SSSR count). The molecule has 1 saturated heterocycles. The lowest BCUT2D eigenvalue weighted by Crippen LogP contribution is -2.47. The molecule has 0 amide bonds. The van der Waals surface area contributed by atoms with E-state index in [1.807, 2.05) is 30.3 Å². The first-order valence-electron chi connectivity index (χ1n) is 11.4. The van der Waals surface area contributed by atoms with Crippen LogP contribution in [-0.2, 0) is 16.6 Å². The minimum absolute atomic E-state index is 0.193. The Kier molecular flexibility index (Phi) is 6.56. The maximum absolute atomic E-state index is 14.1. The Morgan fingerprint density at radius 2 is 1.80 bits per heavy atom. The lowest BCUT2D eigenvalue weighted by atomic mass is 10.0. The van der Waals surface area contributed by atoms with E-state index in [0.29, 0.717) is 43.3 Å². The van der Waals surface area contributed by atoms with Gasteiger partial charge in [-0.2, -0.15) is 9.29 Å². The molecule has 4 aromatic rings. The number of pyridine rings is 2. The quantitative estimate of drug-likeness (QED) is 0.389.